The lowest BCUT2D eigenvalue weighted by Gasteiger charge is -2.20. The van der Waals surface area contributed by atoms with E-state index in [2.05, 4.69) is 24.3 Å². The molecular weight excluding hydrogens is 276 g/mol. The highest BCUT2D eigenvalue weighted by molar-refractivity contribution is 7.99. The second kappa shape index (κ2) is 8.32. The molecule has 0 aliphatic heterocycles. The first kappa shape index (κ1) is 17.0. The Morgan fingerprint density at radius 1 is 1.50 bits per heavy atom. The molecule has 1 rings (SSSR count). The van der Waals surface area contributed by atoms with Crippen molar-refractivity contribution in [3.05, 3.63) is 17.5 Å². The van der Waals surface area contributed by atoms with E-state index in [-0.39, 0.29) is 29.6 Å². The molecular formula is C14H24N2O3S. The topological polar surface area (TPSA) is 75.4 Å². The van der Waals surface area contributed by atoms with Gasteiger partial charge in [-0.25, -0.2) is 0 Å². The summed E-state index contributed by atoms with van der Waals surface area (Å²) in [5.41, 5.74) is 0.830. The molecule has 1 amide bonds. The lowest BCUT2D eigenvalue weighted by Crippen LogP contribution is -2.41. The fourth-order valence-corrected chi connectivity index (χ4v) is 2.73. The summed E-state index contributed by atoms with van der Waals surface area (Å²) in [6.45, 7) is 6.08. The third-order valence-corrected chi connectivity index (χ3v) is 4.72. The van der Waals surface area contributed by atoms with Crippen LogP contribution in [0.25, 0.3) is 0 Å². The van der Waals surface area contributed by atoms with Crippen LogP contribution < -0.4 is 5.32 Å². The van der Waals surface area contributed by atoms with Crippen molar-refractivity contribution in [3.63, 3.8) is 0 Å². The molecule has 0 fully saturated rings. The van der Waals surface area contributed by atoms with Gasteiger partial charge in [0, 0.05) is 23.3 Å². The minimum Gasteiger partial charge on any atom is -0.395 e. The van der Waals surface area contributed by atoms with Gasteiger partial charge in [0.05, 0.1) is 12.3 Å². The normalized spacial score (nSPS) is 14.3. The number of rotatable bonds is 8. The van der Waals surface area contributed by atoms with E-state index in [1.54, 1.807) is 6.07 Å². The van der Waals surface area contributed by atoms with E-state index in [1.807, 2.05) is 13.2 Å². The first-order valence-corrected chi connectivity index (χ1v) is 8.27. The number of aromatic nitrogens is 1. The summed E-state index contributed by atoms with van der Waals surface area (Å²) in [4.78, 5) is 12.1. The first-order chi connectivity index (χ1) is 9.57. The molecule has 0 aliphatic carbocycles. The summed E-state index contributed by atoms with van der Waals surface area (Å²) in [6, 6.07) is 1.58. The molecule has 1 aromatic rings. The van der Waals surface area contributed by atoms with E-state index in [0.717, 1.165) is 18.5 Å². The maximum atomic E-state index is 12.1. The minimum absolute atomic E-state index is 0.0258. The molecule has 0 bridgehead atoms. The quantitative estimate of drug-likeness (QED) is 0.771. The van der Waals surface area contributed by atoms with Crippen LogP contribution in [0.4, 0.5) is 0 Å². The third-order valence-electron chi connectivity index (χ3n) is 3.56. The summed E-state index contributed by atoms with van der Waals surface area (Å²) >= 11 is 1.52. The molecule has 1 aromatic heterocycles. The van der Waals surface area contributed by atoms with Crippen LogP contribution in [0.5, 0.6) is 0 Å². The maximum Gasteiger partial charge on any atom is 0.290 e. The van der Waals surface area contributed by atoms with Crippen LogP contribution in [0, 0.1) is 0 Å². The standard InChI is InChI=1S/C14H24N2O3S/c1-5-10(6-2)11-7-12(19-16-11)14(18)15-9(3)13(8-17)20-4/h7,9-10,13,17H,5-6,8H2,1-4H3,(H,15,18). The van der Waals surface area contributed by atoms with Crippen LogP contribution in [-0.4, -0.2) is 40.3 Å². The Bertz CT molecular complexity index is 414. The van der Waals surface area contributed by atoms with Gasteiger partial charge in [-0.05, 0) is 26.0 Å². The molecule has 0 aliphatic rings. The smallest absolute Gasteiger partial charge is 0.290 e. The summed E-state index contributed by atoms with van der Waals surface area (Å²) in [7, 11) is 0. The molecule has 0 radical (unpaired) electrons. The maximum absolute atomic E-state index is 12.1. The fourth-order valence-electron chi connectivity index (χ4n) is 2.10. The van der Waals surface area contributed by atoms with Crippen molar-refractivity contribution in [3.8, 4) is 0 Å². The first-order valence-electron chi connectivity index (χ1n) is 6.98. The van der Waals surface area contributed by atoms with Crippen molar-refractivity contribution in [2.45, 2.75) is 50.8 Å². The Balaban J connectivity index is 2.69. The summed E-state index contributed by atoms with van der Waals surface area (Å²) in [6.07, 6.45) is 3.85. The van der Waals surface area contributed by atoms with Gasteiger partial charge in [0.1, 0.15) is 0 Å². The summed E-state index contributed by atoms with van der Waals surface area (Å²) in [5, 5.41) is 16.0. The predicted molar refractivity (Wildman–Crippen MR) is 81.1 cm³/mol. The van der Waals surface area contributed by atoms with Crippen LogP contribution in [0.3, 0.4) is 0 Å². The van der Waals surface area contributed by atoms with Crippen molar-refractivity contribution >= 4 is 17.7 Å². The number of aliphatic hydroxyl groups excluding tert-OH is 1. The van der Waals surface area contributed by atoms with E-state index in [0.29, 0.717) is 5.92 Å². The van der Waals surface area contributed by atoms with Crippen molar-refractivity contribution in [1.29, 1.82) is 0 Å². The number of aliphatic hydroxyl groups is 1. The van der Waals surface area contributed by atoms with Gasteiger partial charge >= 0.3 is 0 Å². The van der Waals surface area contributed by atoms with Crippen molar-refractivity contribution in [1.82, 2.24) is 10.5 Å². The van der Waals surface area contributed by atoms with Gasteiger partial charge in [-0.1, -0.05) is 19.0 Å². The van der Waals surface area contributed by atoms with Crippen molar-refractivity contribution < 1.29 is 14.4 Å². The minimum atomic E-state index is -0.283. The molecule has 1 heterocycles. The molecule has 114 valence electrons. The molecule has 2 N–H and O–H groups in total. The SMILES string of the molecule is CCC(CC)c1cc(C(=O)NC(C)C(CO)SC)on1. The zero-order chi connectivity index (χ0) is 15.1. The van der Waals surface area contributed by atoms with Crippen LogP contribution in [-0.2, 0) is 0 Å². The number of hydrogen-bond acceptors (Lipinski definition) is 5. The molecule has 0 saturated heterocycles. The van der Waals surface area contributed by atoms with E-state index in [9.17, 15) is 9.90 Å². The highest BCUT2D eigenvalue weighted by atomic mass is 32.2. The van der Waals surface area contributed by atoms with Crippen LogP contribution >= 0.6 is 11.8 Å². The lowest BCUT2D eigenvalue weighted by atomic mass is 9.99. The van der Waals surface area contributed by atoms with Gasteiger partial charge < -0.3 is 14.9 Å². The number of nitrogens with one attached hydrogen (secondary N) is 1. The Labute approximate surface area is 124 Å². The Kier molecular flexibility index (Phi) is 7.09. The highest BCUT2D eigenvalue weighted by Gasteiger charge is 2.22. The molecule has 0 spiro atoms. The predicted octanol–water partition coefficient (Wildman–Crippen LogP) is 2.42. The van der Waals surface area contributed by atoms with E-state index in [1.165, 1.54) is 11.8 Å². The number of hydrogen-bond donors (Lipinski definition) is 2. The van der Waals surface area contributed by atoms with Crippen LogP contribution in [0.15, 0.2) is 10.6 Å². The third kappa shape index (κ3) is 4.24. The van der Waals surface area contributed by atoms with Gasteiger partial charge in [-0.15, -0.1) is 0 Å². The zero-order valence-electron chi connectivity index (χ0n) is 12.5. The van der Waals surface area contributed by atoms with E-state index in [4.69, 9.17) is 4.52 Å². The fraction of sp³-hybridized carbons (Fsp3) is 0.714. The zero-order valence-corrected chi connectivity index (χ0v) is 13.4. The Hall–Kier alpha value is -1.01. The second-order valence-electron chi connectivity index (χ2n) is 4.85. The summed E-state index contributed by atoms with van der Waals surface area (Å²) in [5.74, 6) is 0.278. The average molecular weight is 300 g/mol. The molecule has 20 heavy (non-hydrogen) atoms. The molecule has 5 nitrogen and oxygen atoms in total. The number of amides is 1. The van der Waals surface area contributed by atoms with Gasteiger partial charge in [0.15, 0.2) is 0 Å². The Morgan fingerprint density at radius 3 is 2.65 bits per heavy atom. The summed E-state index contributed by atoms with van der Waals surface area (Å²) < 4.78 is 5.13. The molecule has 2 unspecified atom stereocenters. The number of carbonyl (C=O) groups is 1. The monoisotopic (exact) mass is 300 g/mol. The van der Waals surface area contributed by atoms with Crippen LogP contribution in [0.2, 0.25) is 0 Å². The second-order valence-corrected chi connectivity index (χ2v) is 5.93. The van der Waals surface area contributed by atoms with E-state index >= 15 is 0 Å². The number of carbonyl (C=O) groups excluding carboxylic acids is 1. The molecule has 0 saturated carbocycles. The van der Waals surface area contributed by atoms with Gasteiger partial charge in [-0.2, -0.15) is 11.8 Å². The lowest BCUT2D eigenvalue weighted by molar-refractivity contribution is 0.0898. The van der Waals surface area contributed by atoms with Crippen molar-refractivity contribution in [2.24, 2.45) is 0 Å². The molecule has 0 aromatic carbocycles. The van der Waals surface area contributed by atoms with Gasteiger partial charge in [-0.3, -0.25) is 4.79 Å². The molecule has 2 atom stereocenters. The van der Waals surface area contributed by atoms with Gasteiger partial charge in [0.25, 0.3) is 5.91 Å². The van der Waals surface area contributed by atoms with Gasteiger partial charge in [0.2, 0.25) is 5.76 Å². The number of thioether (sulfide) groups is 1. The Morgan fingerprint density at radius 2 is 2.15 bits per heavy atom. The van der Waals surface area contributed by atoms with E-state index < -0.39 is 0 Å². The van der Waals surface area contributed by atoms with Crippen LogP contribution in [0.1, 0.15) is 55.8 Å². The van der Waals surface area contributed by atoms with Crippen molar-refractivity contribution in [2.75, 3.05) is 12.9 Å². The highest BCUT2D eigenvalue weighted by Crippen LogP contribution is 2.22. The largest absolute Gasteiger partial charge is 0.395 e. The average Bonchev–Trinajstić information content (AvgIpc) is 2.91. The number of nitrogens with zero attached hydrogens (tertiary/aromatic N) is 1. The molecule has 6 heteroatoms.